The largest absolute Gasteiger partial charge is 0.496 e. The van der Waals surface area contributed by atoms with Gasteiger partial charge in [-0.1, -0.05) is 63.9 Å². The summed E-state index contributed by atoms with van der Waals surface area (Å²) in [6.07, 6.45) is 2.05. The molecule has 0 saturated heterocycles. The average molecular weight is 882 g/mol. The van der Waals surface area contributed by atoms with Gasteiger partial charge in [0.15, 0.2) is 5.01 Å². The molecule has 0 unspecified atom stereocenters. The Bertz CT molecular complexity index is 2090. The third kappa shape index (κ3) is 13.6. The molecular formula is C39H54Cl2N8O7S2. The fourth-order valence-electron chi connectivity index (χ4n) is 6.04. The van der Waals surface area contributed by atoms with Crippen LogP contribution in [0.15, 0.2) is 45.7 Å². The normalized spacial score (nSPS) is 13.6. The van der Waals surface area contributed by atoms with Crippen LogP contribution in [-0.4, -0.2) is 74.8 Å². The van der Waals surface area contributed by atoms with E-state index in [2.05, 4.69) is 36.0 Å². The summed E-state index contributed by atoms with van der Waals surface area (Å²) in [6, 6.07) is 2.79. The number of halogens is 2. The van der Waals surface area contributed by atoms with Gasteiger partial charge in [-0.05, 0) is 91.8 Å². The molecule has 15 nitrogen and oxygen atoms in total. The van der Waals surface area contributed by atoms with Crippen molar-refractivity contribution in [3.05, 3.63) is 73.1 Å². The number of methoxy groups -OCH3 is 1. The molecule has 0 radical (unpaired) electrons. The molecule has 0 aliphatic heterocycles. The second kappa shape index (κ2) is 21.0. The predicted molar refractivity (Wildman–Crippen MR) is 228 cm³/mol. The number of nitrogens with zero attached hydrogens (tertiary/aromatic N) is 2. The molecule has 0 bridgehead atoms. The number of thiazole rings is 1. The number of sulfonamides is 1. The number of carbonyl (C=O) groups is 4. The number of guanidine groups is 1. The number of ketones is 1. The van der Waals surface area contributed by atoms with Gasteiger partial charge in [0, 0.05) is 24.7 Å². The Labute approximate surface area is 354 Å². The number of nitrogens with two attached hydrogens (primary N) is 1. The molecule has 318 valence electrons. The zero-order chi connectivity index (χ0) is 43.5. The van der Waals surface area contributed by atoms with Gasteiger partial charge in [0.1, 0.15) is 17.8 Å². The number of hydrogen-bond donors (Lipinski definition) is 6. The summed E-state index contributed by atoms with van der Waals surface area (Å²) in [4.78, 5) is 62.7. The number of urea groups is 1. The highest BCUT2D eigenvalue weighted by Gasteiger charge is 2.37. The predicted octanol–water partition coefficient (Wildman–Crippen LogP) is 5.57. The summed E-state index contributed by atoms with van der Waals surface area (Å²) in [7, 11) is -2.59. The van der Waals surface area contributed by atoms with Crippen molar-refractivity contribution in [1.82, 2.24) is 31.0 Å². The third-order valence-corrected chi connectivity index (χ3v) is 12.3. The zero-order valence-corrected chi connectivity index (χ0v) is 37.4. The highest BCUT2D eigenvalue weighted by molar-refractivity contribution is 7.90. The lowest BCUT2D eigenvalue weighted by Crippen LogP contribution is -2.60. The van der Waals surface area contributed by atoms with E-state index < -0.39 is 57.2 Å². The van der Waals surface area contributed by atoms with Gasteiger partial charge in [0.2, 0.25) is 23.6 Å². The molecule has 0 fully saturated rings. The molecule has 3 aromatic rings. The SMILES string of the molecule is COc1cc(C)c(S(=O)(=O)NC(N)=NCCC[C@H](NC(=O)[C@@H](NC(=O)[C@H](CC(C)C)NC(=O)NCc2ccc(Cl)c(Cl)c2)C(C)(C)C)C(=O)c2nccs2)c(C)c1C. The highest BCUT2D eigenvalue weighted by Crippen LogP contribution is 2.30. The topological polar surface area (TPSA) is 223 Å². The van der Waals surface area contributed by atoms with E-state index in [1.54, 1.807) is 71.2 Å². The number of rotatable bonds is 18. The molecule has 2 aromatic carbocycles. The summed E-state index contributed by atoms with van der Waals surface area (Å²) in [6.45, 7) is 14.3. The summed E-state index contributed by atoms with van der Waals surface area (Å²) >= 11 is 13.2. The number of Topliss-reactive ketones (excluding diaryl/α,β-unsaturated/α-hetero) is 1. The fraction of sp³-hybridized carbons (Fsp3) is 0.487. The molecule has 4 amide bonds. The lowest BCUT2D eigenvalue weighted by molar-refractivity contribution is -0.132. The first-order valence-corrected chi connectivity index (χ1v) is 21.7. The number of benzene rings is 2. The monoisotopic (exact) mass is 880 g/mol. The molecule has 3 rings (SSSR count). The first-order chi connectivity index (χ1) is 27.0. The first kappa shape index (κ1) is 47.9. The highest BCUT2D eigenvalue weighted by atomic mass is 35.5. The number of nitrogens with one attached hydrogen (secondary N) is 5. The Morgan fingerprint density at radius 3 is 2.24 bits per heavy atom. The van der Waals surface area contributed by atoms with E-state index >= 15 is 0 Å². The van der Waals surface area contributed by atoms with E-state index in [9.17, 15) is 27.6 Å². The van der Waals surface area contributed by atoms with E-state index in [4.69, 9.17) is 33.7 Å². The lowest BCUT2D eigenvalue weighted by atomic mass is 9.85. The first-order valence-electron chi connectivity index (χ1n) is 18.6. The molecule has 0 aliphatic carbocycles. The van der Waals surface area contributed by atoms with E-state index in [0.717, 1.165) is 11.3 Å². The molecule has 58 heavy (non-hydrogen) atoms. The summed E-state index contributed by atoms with van der Waals surface area (Å²) in [5.74, 6) is -1.44. The quantitative estimate of drug-likeness (QED) is 0.0406. The Kier molecular flexibility index (Phi) is 17.3. The van der Waals surface area contributed by atoms with Gasteiger partial charge in [-0.25, -0.2) is 22.9 Å². The second-order valence-electron chi connectivity index (χ2n) is 15.3. The van der Waals surface area contributed by atoms with E-state index in [1.165, 1.54) is 13.3 Å². The number of amides is 4. The minimum absolute atomic E-state index is 0.000196. The maximum Gasteiger partial charge on any atom is 0.315 e. The van der Waals surface area contributed by atoms with Crippen LogP contribution >= 0.6 is 34.5 Å². The van der Waals surface area contributed by atoms with Crippen LogP contribution in [0.25, 0.3) is 0 Å². The molecule has 3 atom stereocenters. The van der Waals surface area contributed by atoms with Gasteiger partial charge in [0.25, 0.3) is 10.0 Å². The molecule has 19 heteroatoms. The Balaban J connectivity index is 1.73. The van der Waals surface area contributed by atoms with Crippen LogP contribution in [-0.2, 0) is 26.2 Å². The minimum atomic E-state index is -4.10. The van der Waals surface area contributed by atoms with Gasteiger partial charge in [-0.2, -0.15) is 0 Å². The van der Waals surface area contributed by atoms with Crippen LogP contribution in [0.1, 0.15) is 85.9 Å². The van der Waals surface area contributed by atoms with Gasteiger partial charge < -0.3 is 31.7 Å². The van der Waals surface area contributed by atoms with Crippen molar-refractivity contribution in [3.8, 4) is 5.75 Å². The summed E-state index contributed by atoms with van der Waals surface area (Å²) < 4.78 is 34.3. The molecule has 7 N–H and O–H groups in total. The average Bonchev–Trinajstić information content (AvgIpc) is 3.67. The van der Waals surface area contributed by atoms with E-state index in [-0.39, 0.29) is 54.1 Å². The summed E-state index contributed by atoms with van der Waals surface area (Å²) in [5.41, 5.74) is 7.52. The molecule has 0 aliphatic rings. The van der Waals surface area contributed by atoms with Crippen LogP contribution in [0.3, 0.4) is 0 Å². The van der Waals surface area contributed by atoms with Crippen molar-refractivity contribution in [2.24, 2.45) is 22.1 Å². The van der Waals surface area contributed by atoms with Crippen LogP contribution in [0.5, 0.6) is 5.75 Å². The summed E-state index contributed by atoms with van der Waals surface area (Å²) in [5, 5.41) is 13.6. The van der Waals surface area contributed by atoms with E-state index in [1.807, 2.05) is 13.8 Å². The van der Waals surface area contributed by atoms with Crippen molar-refractivity contribution in [1.29, 1.82) is 0 Å². The van der Waals surface area contributed by atoms with Crippen molar-refractivity contribution in [2.45, 2.75) is 104 Å². The Morgan fingerprint density at radius 1 is 0.966 bits per heavy atom. The second-order valence-corrected chi connectivity index (χ2v) is 18.6. The van der Waals surface area contributed by atoms with Crippen molar-refractivity contribution in [3.63, 3.8) is 0 Å². The van der Waals surface area contributed by atoms with E-state index in [0.29, 0.717) is 38.0 Å². The van der Waals surface area contributed by atoms with Gasteiger partial charge in [-0.3, -0.25) is 19.4 Å². The molecule has 0 saturated carbocycles. The number of aryl methyl sites for hydroxylation is 1. The van der Waals surface area contributed by atoms with Gasteiger partial charge in [0.05, 0.1) is 28.1 Å². The Morgan fingerprint density at radius 2 is 1.66 bits per heavy atom. The van der Waals surface area contributed by atoms with Gasteiger partial charge in [-0.15, -0.1) is 11.3 Å². The van der Waals surface area contributed by atoms with Crippen LogP contribution in [0.2, 0.25) is 10.0 Å². The standard InChI is InChI=1S/C39H54Cl2N8O7S2/c1-21(2)17-29(47-38(53)45-20-25-12-13-26(40)27(41)19-25)34(51)48-33(39(6,7)8)35(52)46-28(31(50)36-43-15-16-57-36)11-10-14-44-37(42)49-58(54,55)32-22(3)18-30(56-9)23(4)24(32)5/h12-13,15-16,18-19,21,28-29,33H,10-11,14,17,20H2,1-9H3,(H,46,52)(H,48,51)(H3,42,44,49)(H2,45,47,53)/t28-,29-,33+/m0/s1. The third-order valence-electron chi connectivity index (χ3n) is 9.10. The van der Waals surface area contributed by atoms with Gasteiger partial charge >= 0.3 is 6.03 Å². The maximum atomic E-state index is 14.0. The van der Waals surface area contributed by atoms with Crippen molar-refractivity contribution >= 4 is 74.2 Å². The van der Waals surface area contributed by atoms with Crippen LogP contribution in [0, 0.1) is 32.1 Å². The van der Waals surface area contributed by atoms with Crippen molar-refractivity contribution < 1.29 is 32.3 Å². The number of aliphatic imine (C=N–C) groups is 1. The molecule has 1 aromatic heterocycles. The number of hydrogen-bond acceptors (Lipinski definition) is 10. The molecule has 0 spiro atoms. The van der Waals surface area contributed by atoms with Crippen molar-refractivity contribution in [2.75, 3.05) is 13.7 Å². The van der Waals surface area contributed by atoms with Crippen LogP contribution < -0.4 is 36.5 Å². The lowest BCUT2D eigenvalue weighted by Gasteiger charge is -2.33. The number of carbonyl (C=O) groups excluding carboxylic acids is 4. The minimum Gasteiger partial charge on any atom is -0.496 e. The molecular weight excluding hydrogens is 828 g/mol. The zero-order valence-electron chi connectivity index (χ0n) is 34.2. The smallest absolute Gasteiger partial charge is 0.315 e. The Hall–Kier alpha value is -4.45. The molecule has 1 heterocycles. The number of aromatic nitrogens is 1. The number of ether oxygens (including phenoxy) is 1. The fourth-order valence-corrected chi connectivity index (χ4v) is 8.48. The maximum absolute atomic E-state index is 14.0. The van der Waals surface area contributed by atoms with Crippen LogP contribution in [0.4, 0.5) is 4.79 Å².